The molecule has 0 fully saturated rings. The van der Waals surface area contributed by atoms with Gasteiger partial charge in [0, 0.05) is 17.5 Å². The number of methoxy groups -OCH3 is 2. The number of fused-ring (bicyclic) bond motifs is 1. The van der Waals surface area contributed by atoms with Crippen LogP contribution in [0.1, 0.15) is 54.6 Å². The molecular weight excluding hydrogens is 240 g/mol. The van der Waals surface area contributed by atoms with E-state index in [1.165, 1.54) is 0 Å². The molecule has 2 rings (SSSR count). The van der Waals surface area contributed by atoms with E-state index in [4.69, 9.17) is 9.47 Å². The predicted molar refractivity (Wildman–Crippen MR) is 75.5 cm³/mol. The molecule has 0 aliphatic heterocycles. The first-order valence-electron chi connectivity index (χ1n) is 6.80. The van der Waals surface area contributed by atoms with Crippen LogP contribution in [-0.4, -0.2) is 20.0 Å². The van der Waals surface area contributed by atoms with Crippen LogP contribution in [0.4, 0.5) is 0 Å². The van der Waals surface area contributed by atoms with Gasteiger partial charge in [-0.15, -0.1) is 0 Å². The van der Waals surface area contributed by atoms with E-state index in [0.717, 1.165) is 28.9 Å². The molecule has 0 radical (unpaired) electrons. The third-order valence-electron chi connectivity index (χ3n) is 3.78. The zero-order chi connectivity index (χ0) is 14.2. The maximum Gasteiger partial charge on any atom is 0.164 e. The molecule has 1 atom stereocenters. The molecule has 0 spiro atoms. The lowest BCUT2D eigenvalue weighted by atomic mass is 9.79. The van der Waals surface area contributed by atoms with Crippen LogP contribution in [0.25, 0.3) is 0 Å². The van der Waals surface area contributed by atoms with Crippen molar-refractivity contribution in [3.8, 4) is 11.5 Å². The molecule has 0 N–H and O–H groups in total. The Morgan fingerprint density at radius 1 is 1.21 bits per heavy atom. The zero-order valence-corrected chi connectivity index (χ0v) is 12.4. The number of benzene rings is 1. The number of ketones is 1. The van der Waals surface area contributed by atoms with Gasteiger partial charge in [0.15, 0.2) is 17.3 Å². The van der Waals surface area contributed by atoms with E-state index in [2.05, 4.69) is 20.8 Å². The summed E-state index contributed by atoms with van der Waals surface area (Å²) in [6.07, 6.45) is 1.56. The van der Waals surface area contributed by atoms with Crippen LogP contribution in [0.3, 0.4) is 0 Å². The SMILES string of the molecule is COc1cc2c(c(C(C)C)c1OC)C[C@H](C)CC2=O. The van der Waals surface area contributed by atoms with E-state index < -0.39 is 0 Å². The summed E-state index contributed by atoms with van der Waals surface area (Å²) in [6.45, 7) is 6.38. The molecule has 19 heavy (non-hydrogen) atoms. The average Bonchev–Trinajstić information content (AvgIpc) is 2.36. The molecule has 0 aromatic heterocycles. The van der Waals surface area contributed by atoms with E-state index >= 15 is 0 Å². The first-order chi connectivity index (χ1) is 8.99. The van der Waals surface area contributed by atoms with Gasteiger partial charge in [-0.3, -0.25) is 4.79 Å². The Morgan fingerprint density at radius 3 is 2.42 bits per heavy atom. The van der Waals surface area contributed by atoms with Gasteiger partial charge in [0.25, 0.3) is 0 Å². The summed E-state index contributed by atoms with van der Waals surface area (Å²) in [4.78, 5) is 12.2. The molecule has 0 saturated heterocycles. The molecule has 1 aromatic rings. The topological polar surface area (TPSA) is 35.5 Å². The number of carbonyl (C=O) groups excluding carboxylic acids is 1. The fourth-order valence-corrected chi connectivity index (χ4v) is 2.99. The van der Waals surface area contributed by atoms with Crippen LogP contribution < -0.4 is 9.47 Å². The second kappa shape index (κ2) is 5.24. The maximum atomic E-state index is 12.2. The average molecular weight is 262 g/mol. The predicted octanol–water partition coefficient (Wildman–Crippen LogP) is 3.59. The van der Waals surface area contributed by atoms with Gasteiger partial charge in [0.1, 0.15) is 0 Å². The number of rotatable bonds is 3. The number of carbonyl (C=O) groups is 1. The monoisotopic (exact) mass is 262 g/mol. The highest BCUT2D eigenvalue weighted by Crippen LogP contribution is 2.43. The van der Waals surface area contributed by atoms with Gasteiger partial charge >= 0.3 is 0 Å². The van der Waals surface area contributed by atoms with Crippen molar-refractivity contribution in [1.29, 1.82) is 0 Å². The van der Waals surface area contributed by atoms with Crippen molar-refractivity contribution in [2.75, 3.05) is 14.2 Å². The first kappa shape index (κ1) is 13.9. The van der Waals surface area contributed by atoms with Crippen molar-refractivity contribution in [2.24, 2.45) is 5.92 Å². The molecule has 0 unspecified atom stereocenters. The van der Waals surface area contributed by atoms with Gasteiger partial charge in [-0.25, -0.2) is 0 Å². The van der Waals surface area contributed by atoms with Crippen LogP contribution in [0.2, 0.25) is 0 Å². The molecule has 0 heterocycles. The van der Waals surface area contributed by atoms with Crippen molar-refractivity contribution >= 4 is 5.78 Å². The Labute approximate surface area is 114 Å². The fraction of sp³-hybridized carbons (Fsp3) is 0.562. The highest BCUT2D eigenvalue weighted by Gasteiger charge is 2.29. The Bertz CT molecular complexity index is 503. The minimum absolute atomic E-state index is 0.219. The summed E-state index contributed by atoms with van der Waals surface area (Å²) < 4.78 is 10.9. The third-order valence-corrected chi connectivity index (χ3v) is 3.78. The number of Topliss-reactive ketones (excluding diaryl/α,β-unsaturated/α-hetero) is 1. The summed E-state index contributed by atoms with van der Waals surface area (Å²) in [5.74, 6) is 2.36. The lowest BCUT2D eigenvalue weighted by Gasteiger charge is -2.27. The Kier molecular flexibility index (Phi) is 3.83. The number of hydrogen-bond acceptors (Lipinski definition) is 3. The number of hydrogen-bond donors (Lipinski definition) is 0. The molecule has 1 aliphatic carbocycles. The van der Waals surface area contributed by atoms with Gasteiger partial charge < -0.3 is 9.47 Å². The van der Waals surface area contributed by atoms with Crippen LogP contribution in [0, 0.1) is 5.92 Å². The second-order valence-corrected chi connectivity index (χ2v) is 5.64. The molecule has 0 amide bonds. The molecule has 0 saturated carbocycles. The van der Waals surface area contributed by atoms with E-state index in [1.807, 2.05) is 6.07 Å². The smallest absolute Gasteiger partial charge is 0.164 e. The fourth-order valence-electron chi connectivity index (χ4n) is 2.99. The van der Waals surface area contributed by atoms with Crippen LogP contribution in [-0.2, 0) is 6.42 Å². The van der Waals surface area contributed by atoms with Gasteiger partial charge in [0.2, 0.25) is 0 Å². The minimum Gasteiger partial charge on any atom is -0.493 e. The lowest BCUT2D eigenvalue weighted by Crippen LogP contribution is -2.21. The van der Waals surface area contributed by atoms with E-state index in [-0.39, 0.29) is 5.78 Å². The minimum atomic E-state index is 0.219. The molecule has 1 aromatic carbocycles. The molecule has 104 valence electrons. The van der Waals surface area contributed by atoms with Gasteiger partial charge in [0.05, 0.1) is 14.2 Å². The largest absolute Gasteiger partial charge is 0.493 e. The van der Waals surface area contributed by atoms with Crippen LogP contribution >= 0.6 is 0 Å². The van der Waals surface area contributed by atoms with Gasteiger partial charge in [-0.05, 0) is 29.9 Å². The van der Waals surface area contributed by atoms with Crippen molar-refractivity contribution < 1.29 is 14.3 Å². The summed E-state index contributed by atoms with van der Waals surface area (Å²) in [5.41, 5.74) is 3.09. The normalized spacial score (nSPS) is 18.4. The molecule has 0 bridgehead atoms. The summed E-state index contributed by atoms with van der Waals surface area (Å²) in [7, 11) is 3.27. The van der Waals surface area contributed by atoms with E-state index in [9.17, 15) is 4.79 Å². The zero-order valence-electron chi connectivity index (χ0n) is 12.4. The quantitative estimate of drug-likeness (QED) is 0.835. The van der Waals surface area contributed by atoms with Crippen molar-refractivity contribution in [3.63, 3.8) is 0 Å². The second-order valence-electron chi connectivity index (χ2n) is 5.64. The van der Waals surface area contributed by atoms with E-state index in [1.54, 1.807) is 14.2 Å². The molecule has 3 heteroatoms. The number of ether oxygens (including phenoxy) is 2. The van der Waals surface area contributed by atoms with Crippen molar-refractivity contribution in [1.82, 2.24) is 0 Å². The lowest BCUT2D eigenvalue weighted by molar-refractivity contribution is 0.0952. The Balaban J connectivity index is 2.73. The van der Waals surface area contributed by atoms with Gasteiger partial charge in [-0.1, -0.05) is 20.8 Å². The molecule has 1 aliphatic rings. The van der Waals surface area contributed by atoms with Crippen molar-refractivity contribution in [3.05, 3.63) is 22.8 Å². The van der Waals surface area contributed by atoms with Crippen LogP contribution in [0.15, 0.2) is 6.07 Å². The van der Waals surface area contributed by atoms with Gasteiger partial charge in [-0.2, -0.15) is 0 Å². The summed E-state index contributed by atoms with van der Waals surface area (Å²) in [6, 6.07) is 1.84. The van der Waals surface area contributed by atoms with E-state index in [0.29, 0.717) is 24.0 Å². The summed E-state index contributed by atoms with van der Waals surface area (Å²) in [5, 5.41) is 0. The molecule has 3 nitrogen and oxygen atoms in total. The Hall–Kier alpha value is -1.51. The standard InChI is InChI=1S/C16H22O3/c1-9(2)15-12-6-10(3)7-13(17)11(12)8-14(18-4)16(15)19-5/h8-10H,6-7H2,1-5H3/t10-/m0/s1. The first-order valence-corrected chi connectivity index (χ1v) is 6.80. The van der Waals surface area contributed by atoms with Crippen molar-refractivity contribution in [2.45, 2.75) is 39.5 Å². The third kappa shape index (κ3) is 2.34. The highest BCUT2D eigenvalue weighted by molar-refractivity contribution is 6.00. The highest BCUT2D eigenvalue weighted by atomic mass is 16.5. The van der Waals surface area contributed by atoms with Crippen LogP contribution in [0.5, 0.6) is 11.5 Å². The Morgan fingerprint density at radius 2 is 1.89 bits per heavy atom. The maximum absolute atomic E-state index is 12.2. The molecular formula is C16H22O3. The summed E-state index contributed by atoms with van der Waals surface area (Å²) >= 11 is 0.